The van der Waals surface area contributed by atoms with Crippen molar-refractivity contribution in [2.75, 3.05) is 9.80 Å². The fourth-order valence-corrected chi connectivity index (χ4v) is 10.8. The molecule has 0 unspecified atom stereocenters. The summed E-state index contributed by atoms with van der Waals surface area (Å²) in [7, 11) is 0. The molecule has 0 aliphatic carbocycles. The van der Waals surface area contributed by atoms with Crippen LogP contribution >= 0.6 is 0 Å². The van der Waals surface area contributed by atoms with Gasteiger partial charge in [-0.25, -0.2) is 0 Å². The van der Waals surface area contributed by atoms with Crippen LogP contribution in [0.5, 0.6) is 0 Å². The molecule has 294 valence electrons. The largest absolute Gasteiger partial charge is 0.454 e. The first-order valence-corrected chi connectivity index (χ1v) is 22.0. The highest BCUT2D eigenvalue weighted by Crippen LogP contribution is 2.49. The van der Waals surface area contributed by atoms with Gasteiger partial charge < -0.3 is 18.7 Å². The Morgan fingerprint density at radius 3 is 2.13 bits per heavy atom. The highest BCUT2D eigenvalue weighted by molar-refractivity contribution is 6.90. The van der Waals surface area contributed by atoms with Gasteiger partial charge in [-0.15, -0.1) is 0 Å². The summed E-state index contributed by atoms with van der Waals surface area (Å²) in [5.41, 5.74) is 18.8. The predicted molar refractivity (Wildman–Crippen MR) is 263 cm³/mol. The third-order valence-electron chi connectivity index (χ3n) is 13.5. The highest BCUT2D eigenvalue weighted by Gasteiger charge is 2.43. The van der Waals surface area contributed by atoms with E-state index >= 15 is 0 Å². The number of para-hydroxylation sites is 4. The molecule has 0 N–H and O–H groups in total. The maximum absolute atomic E-state index is 6.84. The number of benzene rings is 9. The number of hydrogen-bond acceptors (Lipinski definition) is 3. The number of rotatable bonds is 7. The Balaban J connectivity index is 1.13. The lowest BCUT2D eigenvalue weighted by Gasteiger charge is -2.41. The Labute approximate surface area is 361 Å². The minimum absolute atomic E-state index is 0.105. The number of nitrogens with zero attached hydrogens (tertiary/aromatic N) is 3. The van der Waals surface area contributed by atoms with Crippen LogP contribution in [0.1, 0.15) is 30.9 Å². The van der Waals surface area contributed by atoms with Crippen LogP contribution in [0, 0.1) is 6.92 Å². The molecule has 2 aromatic heterocycles. The second kappa shape index (κ2) is 13.5. The van der Waals surface area contributed by atoms with Crippen molar-refractivity contribution < 1.29 is 4.42 Å². The smallest absolute Gasteiger partial charge is 0.333 e. The number of furan rings is 1. The summed E-state index contributed by atoms with van der Waals surface area (Å²) >= 11 is 0. The van der Waals surface area contributed by atoms with Crippen LogP contribution in [-0.4, -0.2) is 11.3 Å². The van der Waals surface area contributed by atoms with Gasteiger partial charge in [-0.1, -0.05) is 123 Å². The fourth-order valence-electron chi connectivity index (χ4n) is 10.8. The van der Waals surface area contributed by atoms with Crippen LogP contribution in [0.4, 0.5) is 34.1 Å². The number of fused-ring (bicyclic) bond motifs is 11. The van der Waals surface area contributed by atoms with E-state index in [1.807, 2.05) is 0 Å². The Bertz CT molecular complexity index is 3600. The van der Waals surface area contributed by atoms with E-state index < -0.39 is 0 Å². The first kappa shape index (κ1) is 35.3. The van der Waals surface area contributed by atoms with E-state index in [0.29, 0.717) is 0 Å². The van der Waals surface area contributed by atoms with Gasteiger partial charge in [0.05, 0.1) is 5.69 Å². The van der Waals surface area contributed by atoms with Gasteiger partial charge in [0.2, 0.25) is 0 Å². The molecule has 0 saturated carbocycles. The standard InChI is InChI=1S/C57H42BN3O/c1-3-4-14-37-25-27-41(28-26-37)59(40-17-6-5-7-18-40)42-29-30-50-49(35-42)58-55-48(45-21-12-20-44-47-33-38-15-8-9-16-39(38)34-52(47)61(58)56(44)45)31-36(2)32-53(55)60(50)51-23-13-22-46-43-19-10-11-24-54(43)62-57(46)51/h5-13,15-35H,3-4,14H2,1-2H3. The van der Waals surface area contributed by atoms with Crippen molar-refractivity contribution in [1.82, 2.24) is 4.48 Å². The van der Waals surface area contributed by atoms with Crippen molar-refractivity contribution in [2.24, 2.45) is 0 Å². The summed E-state index contributed by atoms with van der Waals surface area (Å²) in [4.78, 5) is 4.92. The maximum atomic E-state index is 6.84. The number of anilines is 6. The molecular formula is C57H42BN3O. The van der Waals surface area contributed by atoms with Crippen molar-refractivity contribution in [3.8, 4) is 11.1 Å². The van der Waals surface area contributed by atoms with Gasteiger partial charge >= 0.3 is 6.85 Å². The SMILES string of the molecule is CCCCc1ccc(N(c2ccccc2)c2ccc3c(c2)B2c4c(cc(C)cc4N3c3cccc4c3oc3ccccc34)-c3cccc4c5cc6ccccc6cc5n2c34)cc1. The van der Waals surface area contributed by atoms with E-state index in [2.05, 4.69) is 210 Å². The number of unbranched alkanes of at least 4 members (excludes halogenated alkanes) is 1. The quantitative estimate of drug-likeness (QED) is 0.150. The summed E-state index contributed by atoms with van der Waals surface area (Å²) in [5.74, 6) is 0. The lowest BCUT2D eigenvalue weighted by Crippen LogP contribution is -2.56. The Kier molecular flexibility index (Phi) is 7.69. The van der Waals surface area contributed by atoms with E-state index in [4.69, 9.17) is 4.42 Å². The average molecular weight is 796 g/mol. The van der Waals surface area contributed by atoms with Gasteiger partial charge in [-0.05, 0) is 131 Å². The zero-order chi connectivity index (χ0) is 41.1. The minimum atomic E-state index is -0.105. The minimum Gasteiger partial charge on any atom is -0.454 e. The summed E-state index contributed by atoms with van der Waals surface area (Å²) in [6, 6.07) is 67.6. The van der Waals surface area contributed by atoms with Gasteiger partial charge in [0, 0.05) is 66.6 Å². The molecule has 0 spiro atoms. The van der Waals surface area contributed by atoms with E-state index in [-0.39, 0.29) is 6.85 Å². The summed E-state index contributed by atoms with van der Waals surface area (Å²) in [6.45, 7) is 4.40. The molecule has 0 bridgehead atoms. The van der Waals surface area contributed by atoms with E-state index in [1.54, 1.807) is 0 Å². The number of hydrogen-bond donors (Lipinski definition) is 0. The van der Waals surface area contributed by atoms with Gasteiger partial charge in [-0.3, -0.25) is 0 Å². The second-order valence-corrected chi connectivity index (χ2v) is 17.2. The summed E-state index contributed by atoms with van der Waals surface area (Å²) in [6.07, 6.45) is 3.47. The van der Waals surface area contributed by atoms with Gasteiger partial charge in [0.25, 0.3) is 0 Å². The van der Waals surface area contributed by atoms with Crippen LogP contribution in [0.3, 0.4) is 0 Å². The molecule has 5 heteroatoms. The van der Waals surface area contributed by atoms with Gasteiger partial charge in [0.1, 0.15) is 5.58 Å². The number of aryl methyl sites for hydroxylation is 2. The molecule has 0 radical (unpaired) electrons. The first-order chi connectivity index (χ1) is 30.6. The Hall–Kier alpha value is -7.50. The Morgan fingerprint density at radius 2 is 1.27 bits per heavy atom. The highest BCUT2D eigenvalue weighted by atomic mass is 16.3. The normalized spacial score (nSPS) is 12.8. The maximum Gasteiger partial charge on any atom is 0.333 e. The van der Waals surface area contributed by atoms with E-state index in [9.17, 15) is 0 Å². The topological polar surface area (TPSA) is 24.6 Å². The molecule has 0 atom stereocenters. The molecule has 11 aromatic rings. The zero-order valence-electron chi connectivity index (χ0n) is 34.8. The van der Waals surface area contributed by atoms with Crippen LogP contribution in [0.25, 0.3) is 65.6 Å². The zero-order valence-corrected chi connectivity index (χ0v) is 34.8. The molecule has 0 saturated heterocycles. The third kappa shape index (κ3) is 5.08. The van der Waals surface area contributed by atoms with Gasteiger partial charge in [0.15, 0.2) is 5.58 Å². The van der Waals surface area contributed by atoms with Gasteiger partial charge in [-0.2, -0.15) is 0 Å². The van der Waals surface area contributed by atoms with E-state index in [1.165, 1.54) is 84.3 Å². The fraction of sp³-hybridized carbons (Fsp3) is 0.0877. The molecular weight excluding hydrogens is 753 g/mol. The second-order valence-electron chi connectivity index (χ2n) is 17.2. The summed E-state index contributed by atoms with van der Waals surface area (Å²) < 4.78 is 9.51. The lowest BCUT2D eigenvalue weighted by molar-refractivity contribution is 0.669. The molecule has 0 amide bonds. The average Bonchev–Trinajstić information content (AvgIpc) is 3.86. The molecule has 2 aliphatic heterocycles. The van der Waals surface area contributed by atoms with Crippen LogP contribution in [-0.2, 0) is 6.42 Å². The van der Waals surface area contributed by atoms with Crippen LogP contribution in [0.15, 0.2) is 186 Å². The molecule has 9 aromatic carbocycles. The van der Waals surface area contributed by atoms with Crippen molar-refractivity contribution in [2.45, 2.75) is 33.1 Å². The molecule has 4 heterocycles. The molecule has 0 fully saturated rings. The van der Waals surface area contributed by atoms with Crippen molar-refractivity contribution in [3.63, 3.8) is 0 Å². The Morgan fingerprint density at radius 1 is 0.548 bits per heavy atom. The first-order valence-electron chi connectivity index (χ1n) is 22.0. The van der Waals surface area contributed by atoms with Crippen LogP contribution in [0.2, 0.25) is 0 Å². The number of aromatic nitrogens is 1. The molecule has 62 heavy (non-hydrogen) atoms. The molecule has 4 nitrogen and oxygen atoms in total. The van der Waals surface area contributed by atoms with Crippen molar-refractivity contribution >= 4 is 106 Å². The lowest BCUT2D eigenvalue weighted by atomic mass is 9.45. The molecule has 2 aliphatic rings. The third-order valence-corrected chi connectivity index (χ3v) is 13.5. The van der Waals surface area contributed by atoms with Crippen molar-refractivity contribution in [3.05, 3.63) is 193 Å². The molecule has 13 rings (SSSR count). The monoisotopic (exact) mass is 795 g/mol. The van der Waals surface area contributed by atoms with Crippen molar-refractivity contribution in [1.29, 1.82) is 0 Å². The predicted octanol–water partition coefficient (Wildman–Crippen LogP) is 14.4. The van der Waals surface area contributed by atoms with E-state index in [0.717, 1.165) is 56.8 Å². The summed E-state index contributed by atoms with van der Waals surface area (Å²) in [5, 5.41) is 7.33. The van der Waals surface area contributed by atoms with Crippen LogP contribution < -0.4 is 20.7 Å².